The molecule has 5 nitrogen and oxygen atoms in total. The van der Waals surface area contributed by atoms with E-state index in [0.29, 0.717) is 17.9 Å². The number of amides is 2. The molecule has 0 saturated heterocycles. The number of para-hydroxylation sites is 1. The maximum Gasteiger partial charge on any atom is 0.244 e. The van der Waals surface area contributed by atoms with Gasteiger partial charge in [0.2, 0.25) is 11.8 Å². The van der Waals surface area contributed by atoms with Crippen molar-refractivity contribution in [3.8, 4) is 5.75 Å². The predicted octanol–water partition coefficient (Wildman–Crippen LogP) is 2.92. The highest BCUT2D eigenvalue weighted by Gasteiger charge is 2.25. The van der Waals surface area contributed by atoms with Crippen molar-refractivity contribution in [2.45, 2.75) is 19.8 Å². The Bertz CT molecular complexity index is 786. The highest BCUT2D eigenvalue weighted by molar-refractivity contribution is 6.04. The van der Waals surface area contributed by atoms with Gasteiger partial charge in [-0.25, -0.2) is 0 Å². The molecule has 2 amide bonds. The first-order valence-electron chi connectivity index (χ1n) is 7.91. The smallest absolute Gasteiger partial charge is 0.244 e. The van der Waals surface area contributed by atoms with E-state index in [1.165, 1.54) is 0 Å². The summed E-state index contributed by atoms with van der Waals surface area (Å²) in [7, 11) is 1.56. The molecule has 0 atom stereocenters. The van der Waals surface area contributed by atoms with E-state index in [1.807, 2.05) is 49.4 Å². The van der Waals surface area contributed by atoms with Crippen molar-refractivity contribution >= 4 is 23.2 Å². The molecule has 1 aliphatic rings. The van der Waals surface area contributed by atoms with E-state index in [2.05, 4.69) is 5.32 Å². The molecule has 124 valence electrons. The van der Waals surface area contributed by atoms with Crippen molar-refractivity contribution in [2.75, 3.05) is 23.9 Å². The molecule has 2 aromatic rings. The minimum atomic E-state index is -0.246. The Hall–Kier alpha value is -2.82. The first kappa shape index (κ1) is 16.1. The van der Waals surface area contributed by atoms with Gasteiger partial charge in [0.25, 0.3) is 0 Å². The Labute approximate surface area is 141 Å². The Kier molecular flexibility index (Phi) is 4.51. The van der Waals surface area contributed by atoms with Gasteiger partial charge in [-0.2, -0.15) is 0 Å². The number of hydrogen-bond donors (Lipinski definition) is 1. The topological polar surface area (TPSA) is 58.6 Å². The van der Waals surface area contributed by atoms with Crippen molar-refractivity contribution in [3.05, 3.63) is 53.6 Å². The van der Waals surface area contributed by atoms with E-state index >= 15 is 0 Å². The summed E-state index contributed by atoms with van der Waals surface area (Å²) >= 11 is 0. The fraction of sp³-hybridized carbons (Fsp3) is 0.263. The molecule has 1 N–H and O–H groups in total. The molecular weight excluding hydrogens is 304 g/mol. The lowest BCUT2D eigenvalue weighted by atomic mass is 10.0. The molecular formula is C19H20N2O3. The second-order valence-corrected chi connectivity index (χ2v) is 5.86. The fourth-order valence-corrected chi connectivity index (χ4v) is 2.92. The molecule has 0 fully saturated rings. The summed E-state index contributed by atoms with van der Waals surface area (Å²) in [6, 6.07) is 13.3. The molecule has 0 unspecified atom stereocenters. The summed E-state index contributed by atoms with van der Waals surface area (Å²) in [6.07, 6.45) is 1.15. The number of nitrogens with one attached hydrogen (secondary N) is 1. The molecule has 1 heterocycles. The Morgan fingerprint density at radius 1 is 1.21 bits per heavy atom. The minimum Gasteiger partial charge on any atom is -0.495 e. The Morgan fingerprint density at radius 2 is 2.00 bits per heavy atom. The zero-order chi connectivity index (χ0) is 17.1. The number of carbonyl (C=O) groups excluding carboxylic acids is 2. The first-order chi connectivity index (χ1) is 11.6. The Balaban J connectivity index is 1.78. The summed E-state index contributed by atoms with van der Waals surface area (Å²) < 4.78 is 5.27. The molecule has 0 bridgehead atoms. The van der Waals surface area contributed by atoms with E-state index in [4.69, 9.17) is 4.74 Å². The second-order valence-electron chi connectivity index (χ2n) is 5.86. The summed E-state index contributed by atoms with van der Waals surface area (Å²) in [5.41, 5.74) is 3.55. The average molecular weight is 324 g/mol. The summed E-state index contributed by atoms with van der Waals surface area (Å²) in [4.78, 5) is 26.3. The van der Waals surface area contributed by atoms with Crippen LogP contribution in [0.15, 0.2) is 42.5 Å². The number of fused-ring (bicyclic) bond motifs is 1. The van der Waals surface area contributed by atoms with E-state index < -0.39 is 0 Å². The maximum atomic E-state index is 12.5. The lowest BCUT2D eigenvalue weighted by molar-refractivity contribution is -0.121. The molecule has 0 radical (unpaired) electrons. The lowest BCUT2D eigenvalue weighted by Gasteiger charge is -2.28. The van der Waals surface area contributed by atoms with Crippen molar-refractivity contribution in [1.29, 1.82) is 0 Å². The van der Waals surface area contributed by atoms with Gasteiger partial charge < -0.3 is 15.0 Å². The number of rotatable bonds is 4. The largest absolute Gasteiger partial charge is 0.495 e. The van der Waals surface area contributed by atoms with Gasteiger partial charge in [-0.3, -0.25) is 9.59 Å². The fourth-order valence-electron chi connectivity index (χ4n) is 2.92. The van der Waals surface area contributed by atoms with E-state index in [-0.39, 0.29) is 18.4 Å². The van der Waals surface area contributed by atoms with Gasteiger partial charge in [0.1, 0.15) is 12.3 Å². The minimum absolute atomic E-state index is 0.00700. The molecule has 1 aliphatic heterocycles. The molecule has 0 spiro atoms. The third-order valence-corrected chi connectivity index (χ3v) is 4.12. The first-order valence-corrected chi connectivity index (χ1v) is 7.91. The monoisotopic (exact) mass is 324 g/mol. The van der Waals surface area contributed by atoms with E-state index in [0.717, 1.165) is 23.2 Å². The van der Waals surface area contributed by atoms with Crippen molar-refractivity contribution in [1.82, 2.24) is 0 Å². The number of hydrogen-bond acceptors (Lipinski definition) is 3. The number of nitrogens with zero attached hydrogens (tertiary/aromatic N) is 1. The van der Waals surface area contributed by atoms with Gasteiger partial charge in [-0.1, -0.05) is 24.3 Å². The van der Waals surface area contributed by atoms with Crippen LogP contribution in [0.25, 0.3) is 0 Å². The summed E-state index contributed by atoms with van der Waals surface area (Å²) in [5.74, 6) is 0.323. The molecule has 0 aromatic heterocycles. The number of aryl methyl sites for hydroxylation is 2. The van der Waals surface area contributed by atoms with Crippen LogP contribution in [0.5, 0.6) is 5.75 Å². The summed E-state index contributed by atoms with van der Waals surface area (Å²) in [6.45, 7) is 1.94. The van der Waals surface area contributed by atoms with Crippen LogP contribution in [0.3, 0.4) is 0 Å². The van der Waals surface area contributed by atoms with Gasteiger partial charge in [-0.15, -0.1) is 0 Å². The lowest BCUT2D eigenvalue weighted by Crippen LogP contribution is -2.40. The summed E-state index contributed by atoms with van der Waals surface area (Å²) in [5, 5.41) is 2.84. The van der Waals surface area contributed by atoms with Crippen LogP contribution in [0, 0.1) is 6.92 Å². The van der Waals surface area contributed by atoms with Gasteiger partial charge in [0, 0.05) is 12.1 Å². The maximum absolute atomic E-state index is 12.5. The van der Waals surface area contributed by atoms with Crippen molar-refractivity contribution in [3.63, 3.8) is 0 Å². The zero-order valence-electron chi connectivity index (χ0n) is 13.8. The molecule has 2 aromatic carbocycles. The number of benzene rings is 2. The van der Waals surface area contributed by atoms with Gasteiger partial charge in [-0.05, 0) is 42.7 Å². The van der Waals surface area contributed by atoms with Crippen LogP contribution in [0.2, 0.25) is 0 Å². The van der Waals surface area contributed by atoms with Crippen LogP contribution >= 0.6 is 0 Å². The van der Waals surface area contributed by atoms with E-state index in [1.54, 1.807) is 12.0 Å². The molecule has 5 heteroatoms. The number of ether oxygens (including phenoxy) is 1. The van der Waals surface area contributed by atoms with Gasteiger partial charge in [0.05, 0.1) is 12.8 Å². The SMILES string of the molecule is COc1ccc(C)cc1NC(=O)CN1C(=O)CCc2ccccc21. The highest BCUT2D eigenvalue weighted by Crippen LogP contribution is 2.28. The van der Waals surface area contributed by atoms with Crippen LogP contribution in [0.4, 0.5) is 11.4 Å². The number of methoxy groups -OCH3 is 1. The van der Waals surface area contributed by atoms with Crippen LogP contribution < -0.4 is 15.0 Å². The number of anilines is 2. The molecule has 0 aliphatic carbocycles. The highest BCUT2D eigenvalue weighted by atomic mass is 16.5. The Morgan fingerprint density at radius 3 is 2.79 bits per heavy atom. The normalized spacial score (nSPS) is 13.4. The molecule has 3 rings (SSSR count). The van der Waals surface area contributed by atoms with Crippen LogP contribution in [-0.2, 0) is 16.0 Å². The van der Waals surface area contributed by atoms with Gasteiger partial charge in [0.15, 0.2) is 0 Å². The van der Waals surface area contributed by atoms with Crippen LogP contribution in [0.1, 0.15) is 17.5 Å². The number of carbonyl (C=O) groups is 2. The third kappa shape index (κ3) is 3.25. The van der Waals surface area contributed by atoms with Gasteiger partial charge >= 0.3 is 0 Å². The third-order valence-electron chi connectivity index (χ3n) is 4.12. The van der Waals surface area contributed by atoms with Crippen LogP contribution in [-0.4, -0.2) is 25.5 Å². The zero-order valence-corrected chi connectivity index (χ0v) is 13.8. The molecule has 0 saturated carbocycles. The molecule has 24 heavy (non-hydrogen) atoms. The second kappa shape index (κ2) is 6.74. The standard InChI is InChI=1S/C19H20N2O3/c1-13-7-9-17(24-2)15(11-13)20-18(22)12-21-16-6-4-3-5-14(16)8-10-19(21)23/h3-7,9,11H,8,10,12H2,1-2H3,(H,20,22). The quantitative estimate of drug-likeness (QED) is 0.941. The average Bonchev–Trinajstić information content (AvgIpc) is 2.58. The van der Waals surface area contributed by atoms with Crippen molar-refractivity contribution in [2.24, 2.45) is 0 Å². The van der Waals surface area contributed by atoms with Crippen molar-refractivity contribution < 1.29 is 14.3 Å². The van der Waals surface area contributed by atoms with E-state index in [9.17, 15) is 9.59 Å². The predicted molar refractivity (Wildman–Crippen MR) is 93.5 cm³/mol.